The average Bonchev–Trinajstić information content (AvgIpc) is 2.42. The van der Waals surface area contributed by atoms with Gasteiger partial charge >= 0.3 is 5.97 Å². The molecule has 0 fully saturated rings. The highest BCUT2D eigenvalue weighted by Gasteiger charge is 2.03. The van der Waals surface area contributed by atoms with Crippen molar-refractivity contribution >= 4 is 5.97 Å². The highest BCUT2D eigenvalue weighted by Crippen LogP contribution is 2.20. The normalized spacial score (nSPS) is 9.83. The summed E-state index contributed by atoms with van der Waals surface area (Å²) in [6.07, 6.45) is 3.61. The van der Waals surface area contributed by atoms with Crippen molar-refractivity contribution < 1.29 is 14.3 Å². The molecule has 0 aliphatic heterocycles. The van der Waals surface area contributed by atoms with Crippen molar-refractivity contribution in [1.82, 2.24) is 4.98 Å². The number of methoxy groups -OCH3 is 1. The second-order valence-corrected chi connectivity index (χ2v) is 3.68. The zero-order chi connectivity index (χ0) is 12.8. The Balaban J connectivity index is 2.02. The Morgan fingerprint density at radius 3 is 2.28 bits per heavy atom. The fourth-order valence-corrected chi connectivity index (χ4v) is 1.46. The van der Waals surface area contributed by atoms with Crippen LogP contribution < -0.4 is 4.74 Å². The molecule has 0 spiro atoms. The molecule has 0 atom stereocenters. The topological polar surface area (TPSA) is 48.4 Å². The number of carbonyl (C=O) groups excluding carboxylic acids is 1. The van der Waals surface area contributed by atoms with Gasteiger partial charge < -0.3 is 9.47 Å². The van der Waals surface area contributed by atoms with E-state index >= 15 is 0 Å². The molecular formula is C14H13NO3. The first-order chi connectivity index (χ1) is 8.78. The lowest BCUT2D eigenvalue weighted by Crippen LogP contribution is -2.04. The third-order valence-electron chi connectivity index (χ3n) is 2.38. The van der Waals surface area contributed by atoms with Gasteiger partial charge in [0.2, 0.25) is 0 Å². The van der Waals surface area contributed by atoms with Crippen LogP contribution in [0, 0.1) is 0 Å². The summed E-state index contributed by atoms with van der Waals surface area (Å²) in [5, 5.41) is 0. The molecule has 0 bridgehead atoms. The largest absolute Gasteiger partial charge is 0.469 e. The average molecular weight is 243 g/mol. The summed E-state index contributed by atoms with van der Waals surface area (Å²) in [4.78, 5) is 15.0. The van der Waals surface area contributed by atoms with E-state index < -0.39 is 0 Å². The second kappa shape index (κ2) is 5.82. The zero-order valence-electron chi connectivity index (χ0n) is 10.00. The van der Waals surface area contributed by atoms with Crippen LogP contribution in [0.15, 0.2) is 48.8 Å². The summed E-state index contributed by atoms with van der Waals surface area (Å²) in [5.74, 6) is 1.19. The molecule has 2 rings (SSSR count). The molecule has 0 saturated carbocycles. The minimum absolute atomic E-state index is 0.252. The summed E-state index contributed by atoms with van der Waals surface area (Å²) < 4.78 is 10.2. The first kappa shape index (κ1) is 12.1. The van der Waals surface area contributed by atoms with E-state index in [1.807, 2.05) is 24.3 Å². The molecule has 0 unspecified atom stereocenters. The van der Waals surface area contributed by atoms with Crippen LogP contribution in [0.25, 0.3) is 0 Å². The van der Waals surface area contributed by atoms with Crippen molar-refractivity contribution in [2.75, 3.05) is 7.11 Å². The Labute approximate surface area is 105 Å². The molecule has 0 N–H and O–H groups in total. The van der Waals surface area contributed by atoms with E-state index in [1.165, 1.54) is 7.11 Å². The molecule has 1 aromatic carbocycles. The Bertz CT molecular complexity index is 508. The highest BCUT2D eigenvalue weighted by atomic mass is 16.5. The van der Waals surface area contributed by atoms with Gasteiger partial charge in [-0.25, -0.2) is 0 Å². The predicted octanol–water partition coefficient (Wildman–Crippen LogP) is 2.59. The van der Waals surface area contributed by atoms with Crippen molar-refractivity contribution in [2.45, 2.75) is 6.42 Å². The van der Waals surface area contributed by atoms with Gasteiger partial charge in [-0.15, -0.1) is 0 Å². The van der Waals surface area contributed by atoms with Gasteiger partial charge in [0, 0.05) is 12.4 Å². The van der Waals surface area contributed by atoms with Crippen LogP contribution in [0.2, 0.25) is 0 Å². The lowest BCUT2D eigenvalue weighted by molar-refractivity contribution is -0.139. The number of esters is 1. The van der Waals surface area contributed by atoms with Gasteiger partial charge in [0.05, 0.1) is 13.5 Å². The summed E-state index contributed by atoms with van der Waals surface area (Å²) >= 11 is 0. The van der Waals surface area contributed by atoms with Crippen LogP contribution in [-0.4, -0.2) is 18.1 Å². The molecule has 0 aliphatic rings. The van der Waals surface area contributed by atoms with E-state index in [4.69, 9.17) is 4.74 Å². The maximum Gasteiger partial charge on any atom is 0.309 e. The Morgan fingerprint density at radius 1 is 1.06 bits per heavy atom. The lowest BCUT2D eigenvalue weighted by atomic mass is 10.1. The van der Waals surface area contributed by atoms with Crippen molar-refractivity contribution in [3.63, 3.8) is 0 Å². The van der Waals surface area contributed by atoms with E-state index in [-0.39, 0.29) is 12.4 Å². The van der Waals surface area contributed by atoms with E-state index in [9.17, 15) is 4.79 Å². The van der Waals surface area contributed by atoms with Crippen LogP contribution in [0.4, 0.5) is 0 Å². The summed E-state index contributed by atoms with van der Waals surface area (Å²) in [7, 11) is 1.38. The number of hydrogen-bond acceptors (Lipinski definition) is 4. The van der Waals surface area contributed by atoms with Gasteiger partial charge in [0.1, 0.15) is 11.5 Å². The Hall–Kier alpha value is -2.36. The van der Waals surface area contributed by atoms with Crippen molar-refractivity contribution in [3.05, 3.63) is 54.4 Å². The zero-order valence-corrected chi connectivity index (χ0v) is 10.00. The summed E-state index contributed by atoms with van der Waals surface area (Å²) in [6, 6.07) is 10.9. The quantitative estimate of drug-likeness (QED) is 0.774. The molecule has 0 amide bonds. The number of benzene rings is 1. The monoisotopic (exact) mass is 243 g/mol. The minimum atomic E-state index is -0.252. The minimum Gasteiger partial charge on any atom is -0.469 e. The number of carbonyl (C=O) groups is 1. The van der Waals surface area contributed by atoms with Crippen LogP contribution >= 0.6 is 0 Å². The fraction of sp³-hybridized carbons (Fsp3) is 0.143. The van der Waals surface area contributed by atoms with E-state index in [0.717, 1.165) is 17.1 Å². The van der Waals surface area contributed by atoms with Gasteiger partial charge in [0.15, 0.2) is 0 Å². The molecule has 4 nitrogen and oxygen atoms in total. The molecule has 4 heteroatoms. The van der Waals surface area contributed by atoms with Crippen molar-refractivity contribution in [2.24, 2.45) is 0 Å². The second-order valence-electron chi connectivity index (χ2n) is 3.68. The molecule has 0 radical (unpaired) electrons. The molecule has 0 aliphatic carbocycles. The number of rotatable bonds is 4. The number of ether oxygens (including phenoxy) is 2. The first-order valence-corrected chi connectivity index (χ1v) is 5.51. The summed E-state index contributed by atoms with van der Waals surface area (Å²) in [6.45, 7) is 0. The van der Waals surface area contributed by atoms with Gasteiger partial charge in [-0.2, -0.15) is 0 Å². The molecule has 0 saturated heterocycles. The van der Waals surface area contributed by atoms with E-state index in [2.05, 4.69) is 9.72 Å². The fourth-order valence-electron chi connectivity index (χ4n) is 1.46. The highest BCUT2D eigenvalue weighted by molar-refractivity contribution is 5.72. The van der Waals surface area contributed by atoms with Gasteiger partial charge in [-0.1, -0.05) is 12.1 Å². The van der Waals surface area contributed by atoms with Crippen LogP contribution in [0.1, 0.15) is 5.56 Å². The van der Waals surface area contributed by atoms with Gasteiger partial charge in [-0.3, -0.25) is 9.78 Å². The molecule has 1 aromatic heterocycles. The first-order valence-electron chi connectivity index (χ1n) is 5.51. The molecular weight excluding hydrogens is 230 g/mol. The maximum absolute atomic E-state index is 11.1. The smallest absolute Gasteiger partial charge is 0.309 e. The number of nitrogens with zero attached hydrogens (tertiary/aromatic N) is 1. The third kappa shape index (κ3) is 3.31. The SMILES string of the molecule is COC(=O)Cc1ccc(Oc2ccncc2)cc1. The predicted molar refractivity (Wildman–Crippen MR) is 66.5 cm³/mol. The summed E-state index contributed by atoms with van der Waals surface area (Å²) in [5.41, 5.74) is 0.893. The van der Waals surface area contributed by atoms with Gasteiger partial charge in [0.25, 0.3) is 0 Å². The number of aromatic nitrogens is 1. The molecule has 18 heavy (non-hydrogen) atoms. The van der Waals surface area contributed by atoms with Crippen LogP contribution in [-0.2, 0) is 16.0 Å². The Kier molecular flexibility index (Phi) is 3.91. The van der Waals surface area contributed by atoms with Crippen molar-refractivity contribution in [1.29, 1.82) is 0 Å². The molecule has 1 heterocycles. The number of hydrogen-bond donors (Lipinski definition) is 0. The van der Waals surface area contributed by atoms with Crippen LogP contribution in [0.5, 0.6) is 11.5 Å². The van der Waals surface area contributed by atoms with Crippen LogP contribution in [0.3, 0.4) is 0 Å². The third-order valence-corrected chi connectivity index (χ3v) is 2.38. The van der Waals surface area contributed by atoms with E-state index in [0.29, 0.717) is 0 Å². The molecule has 2 aromatic rings. The number of pyridine rings is 1. The van der Waals surface area contributed by atoms with Crippen molar-refractivity contribution in [3.8, 4) is 11.5 Å². The molecule has 92 valence electrons. The standard InChI is InChI=1S/C14H13NO3/c1-17-14(16)10-11-2-4-12(5-3-11)18-13-6-8-15-9-7-13/h2-9H,10H2,1H3. The Morgan fingerprint density at radius 2 is 1.67 bits per heavy atom. The lowest BCUT2D eigenvalue weighted by Gasteiger charge is -2.06. The van der Waals surface area contributed by atoms with E-state index in [1.54, 1.807) is 24.5 Å². The van der Waals surface area contributed by atoms with Gasteiger partial charge in [-0.05, 0) is 29.8 Å². The maximum atomic E-state index is 11.1.